The first-order chi connectivity index (χ1) is 8.20. The lowest BCUT2D eigenvalue weighted by Gasteiger charge is -2.02. The van der Waals surface area contributed by atoms with Crippen LogP contribution in [-0.4, -0.2) is 17.0 Å². The molecule has 1 aromatic carbocycles. The zero-order valence-electron chi connectivity index (χ0n) is 9.81. The minimum Gasteiger partial charge on any atom is -0.289 e. The Morgan fingerprint density at radius 1 is 1.12 bits per heavy atom. The van der Waals surface area contributed by atoms with Crippen LogP contribution >= 0.6 is 11.8 Å². The molecule has 0 aliphatic rings. The summed E-state index contributed by atoms with van der Waals surface area (Å²) in [6, 6.07) is 9.49. The molecule has 86 valence electrons. The first-order valence-electron chi connectivity index (χ1n) is 5.31. The first kappa shape index (κ1) is 11.9. The summed E-state index contributed by atoms with van der Waals surface area (Å²) in [6.07, 6.45) is 5.37. The van der Waals surface area contributed by atoms with Gasteiger partial charge in [-0.25, -0.2) is 0 Å². The van der Waals surface area contributed by atoms with Crippen molar-refractivity contribution in [3.8, 4) is 0 Å². The Bertz CT molecular complexity index is 534. The van der Waals surface area contributed by atoms with Crippen molar-refractivity contribution in [1.29, 1.82) is 0 Å². The maximum atomic E-state index is 12.2. The van der Waals surface area contributed by atoms with Crippen LogP contribution < -0.4 is 0 Å². The molecule has 1 aromatic heterocycles. The van der Waals surface area contributed by atoms with Crippen LogP contribution in [0, 0.1) is 6.92 Å². The molecule has 2 rings (SSSR count). The summed E-state index contributed by atoms with van der Waals surface area (Å²) in [5, 5.41) is 0. The summed E-state index contributed by atoms with van der Waals surface area (Å²) in [5.41, 5.74) is 2.34. The van der Waals surface area contributed by atoms with Crippen molar-refractivity contribution in [3.63, 3.8) is 0 Å². The number of aromatic nitrogens is 1. The van der Waals surface area contributed by atoms with E-state index in [-0.39, 0.29) is 5.78 Å². The molecule has 0 fully saturated rings. The third-order valence-corrected chi connectivity index (χ3v) is 3.23. The van der Waals surface area contributed by atoms with Gasteiger partial charge in [0.2, 0.25) is 0 Å². The van der Waals surface area contributed by atoms with Gasteiger partial charge in [-0.05, 0) is 49.1 Å². The van der Waals surface area contributed by atoms with E-state index in [1.165, 1.54) is 0 Å². The quantitative estimate of drug-likeness (QED) is 0.611. The molecule has 2 nitrogen and oxygen atoms in total. The largest absolute Gasteiger partial charge is 0.289 e. The monoisotopic (exact) mass is 243 g/mol. The van der Waals surface area contributed by atoms with Crippen LogP contribution in [0.15, 0.2) is 47.6 Å². The second kappa shape index (κ2) is 5.15. The molecule has 0 saturated heterocycles. The van der Waals surface area contributed by atoms with Crippen molar-refractivity contribution in [2.75, 3.05) is 6.26 Å². The van der Waals surface area contributed by atoms with Crippen LogP contribution in [0.4, 0.5) is 0 Å². The van der Waals surface area contributed by atoms with Gasteiger partial charge in [0.1, 0.15) is 0 Å². The molecule has 0 bridgehead atoms. The molecule has 17 heavy (non-hydrogen) atoms. The number of carbonyl (C=O) groups excluding carboxylic acids is 1. The smallest absolute Gasteiger partial charge is 0.194 e. The average Bonchev–Trinajstić information content (AvgIpc) is 2.38. The maximum Gasteiger partial charge on any atom is 0.194 e. The molecule has 0 amide bonds. The first-order valence-corrected chi connectivity index (χ1v) is 6.53. The predicted octanol–water partition coefficient (Wildman–Crippen LogP) is 3.34. The van der Waals surface area contributed by atoms with E-state index in [1.807, 2.05) is 43.5 Å². The Hall–Kier alpha value is -1.61. The van der Waals surface area contributed by atoms with Crippen LogP contribution in [0.5, 0.6) is 0 Å². The van der Waals surface area contributed by atoms with E-state index in [0.29, 0.717) is 11.1 Å². The molecule has 0 unspecified atom stereocenters. The van der Waals surface area contributed by atoms with Crippen LogP contribution in [-0.2, 0) is 0 Å². The molecule has 0 spiro atoms. The highest BCUT2D eigenvalue weighted by Crippen LogP contribution is 2.17. The second-order valence-electron chi connectivity index (χ2n) is 3.81. The van der Waals surface area contributed by atoms with E-state index >= 15 is 0 Å². The summed E-state index contributed by atoms with van der Waals surface area (Å²) in [7, 11) is 0. The fourth-order valence-electron chi connectivity index (χ4n) is 1.59. The Morgan fingerprint density at radius 3 is 2.41 bits per heavy atom. The average molecular weight is 243 g/mol. The van der Waals surface area contributed by atoms with Gasteiger partial charge in [-0.1, -0.05) is 0 Å². The number of hydrogen-bond acceptors (Lipinski definition) is 3. The van der Waals surface area contributed by atoms with Gasteiger partial charge in [-0.15, -0.1) is 11.8 Å². The normalized spacial score (nSPS) is 10.2. The van der Waals surface area contributed by atoms with Gasteiger partial charge in [-0.3, -0.25) is 9.78 Å². The van der Waals surface area contributed by atoms with Crippen molar-refractivity contribution >= 4 is 17.5 Å². The van der Waals surface area contributed by atoms with Crippen LogP contribution in [0.2, 0.25) is 0 Å². The standard InChI is InChI=1S/C14H13NOS/c1-10-7-12(9-15-8-10)14(16)11-3-5-13(17-2)6-4-11/h3-9H,1-2H3. The lowest BCUT2D eigenvalue weighted by Crippen LogP contribution is -2.02. The minimum atomic E-state index is 0.0221. The maximum absolute atomic E-state index is 12.2. The number of thioether (sulfide) groups is 1. The number of hydrogen-bond donors (Lipinski definition) is 0. The van der Waals surface area contributed by atoms with E-state index in [4.69, 9.17) is 0 Å². The third-order valence-electron chi connectivity index (χ3n) is 2.49. The van der Waals surface area contributed by atoms with Gasteiger partial charge in [0.25, 0.3) is 0 Å². The van der Waals surface area contributed by atoms with Crippen molar-refractivity contribution < 1.29 is 4.79 Å². The van der Waals surface area contributed by atoms with Crippen molar-refractivity contribution in [2.45, 2.75) is 11.8 Å². The number of nitrogens with zero attached hydrogens (tertiary/aromatic N) is 1. The van der Waals surface area contributed by atoms with E-state index in [9.17, 15) is 4.79 Å². The number of aryl methyl sites for hydroxylation is 1. The fourth-order valence-corrected chi connectivity index (χ4v) is 2.00. The van der Waals surface area contributed by atoms with Crippen LogP contribution in [0.1, 0.15) is 21.5 Å². The van der Waals surface area contributed by atoms with Gasteiger partial charge >= 0.3 is 0 Å². The number of benzene rings is 1. The molecule has 0 radical (unpaired) electrons. The van der Waals surface area contributed by atoms with E-state index in [1.54, 1.807) is 24.2 Å². The predicted molar refractivity (Wildman–Crippen MR) is 70.6 cm³/mol. The SMILES string of the molecule is CSc1ccc(C(=O)c2cncc(C)c2)cc1. The fraction of sp³-hybridized carbons (Fsp3) is 0.143. The van der Waals surface area contributed by atoms with Crippen LogP contribution in [0.3, 0.4) is 0 Å². The highest BCUT2D eigenvalue weighted by molar-refractivity contribution is 7.98. The summed E-state index contributed by atoms with van der Waals surface area (Å²) in [4.78, 5) is 17.3. The van der Waals surface area contributed by atoms with Gasteiger partial charge in [0.05, 0.1) is 0 Å². The van der Waals surface area contributed by atoms with Gasteiger partial charge in [0, 0.05) is 28.4 Å². The third kappa shape index (κ3) is 2.74. The molecular weight excluding hydrogens is 230 g/mol. The summed E-state index contributed by atoms with van der Waals surface area (Å²) >= 11 is 1.66. The topological polar surface area (TPSA) is 30.0 Å². The Morgan fingerprint density at radius 2 is 1.82 bits per heavy atom. The molecule has 2 aromatic rings. The van der Waals surface area contributed by atoms with Crippen LogP contribution in [0.25, 0.3) is 0 Å². The molecule has 0 saturated carbocycles. The molecule has 0 atom stereocenters. The van der Waals surface area contributed by atoms with Gasteiger partial charge < -0.3 is 0 Å². The van der Waals surface area contributed by atoms with Gasteiger partial charge in [0.15, 0.2) is 5.78 Å². The Balaban J connectivity index is 2.30. The molecule has 3 heteroatoms. The molecule has 1 heterocycles. The highest BCUT2D eigenvalue weighted by Gasteiger charge is 2.09. The Labute approximate surface area is 105 Å². The van der Waals surface area contributed by atoms with E-state index in [2.05, 4.69) is 4.98 Å². The Kier molecular flexibility index (Phi) is 3.59. The van der Waals surface area contributed by atoms with Crippen molar-refractivity contribution in [2.24, 2.45) is 0 Å². The zero-order chi connectivity index (χ0) is 12.3. The van der Waals surface area contributed by atoms with Crippen molar-refractivity contribution in [3.05, 3.63) is 59.4 Å². The van der Waals surface area contributed by atoms with Crippen molar-refractivity contribution in [1.82, 2.24) is 4.98 Å². The second-order valence-corrected chi connectivity index (χ2v) is 4.69. The summed E-state index contributed by atoms with van der Waals surface area (Å²) < 4.78 is 0. The zero-order valence-corrected chi connectivity index (χ0v) is 10.6. The molecule has 0 aliphatic heterocycles. The number of carbonyl (C=O) groups is 1. The van der Waals surface area contributed by atoms with E-state index in [0.717, 1.165) is 10.5 Å². The molecule has 0 N–H and O–H groups in total. The highest BCUT2D eigenvalue weighted by atomic mass is 32.2. The summed E-state index contributed by atoms with van der Waals surface area (Å²) in [5.74, 6) is 0.0221. The lowest BCUT2D eigenvalue weighted by molar-refractivity contribution is 0.103. The van der Waals surface area contributed by atoms with E-state index < -0.39 is 0 Å². The number of pyridine rings is 1. The number of rotatable bonds is 3. The molecule has 0 aliphatic carbocycles. The summed E-state index contributed by atoms with van der Waals surface area (Å²) in [6.45, 7) is 1.93. The minimum absolute atomic E-state index is 0.0221. The number of ketones is 1. The van der Waals surface area contributed by atoms with Gasteiger partial charge in [-0.2, -0.15) is 0 Å². The lowest BCUT2D eigenvalue weighted by atomic mass is 10.0. The molecular formula is C14H13NOS.